The van der Waals surface area contributed by atoms with Gasteiger partial charge in [-0.2, -0.15) is 5.10 Å². The molecule has 2 heterocycles. The van der Waals surface area contributed by atoms with Crippen LogP contribution in [-0.4, -0.2) is 44.9 Å². The first-order valence-electron chi connectivity index (χ1n) is 7.44. The van der Waals surface area contributed by atoms with Gasteiger partial charge in [0.1, 0.15) is 0 Å². The molecule has 22 heavy (non-hydrogen) atoms. The first-order valence-corrected chi connectivity index (χ1v) is 7.44. The van der Waals surface area contributed by atoms with Crippen molar-refractivity contribution in [2.24, 2.45) is 5.92 Å². The minimum Gasteiger partial charge on any atom is -0.389 e. The molecule has 6 heteroatoms. The number of carbonyl (C=O) groups is 1. The molecule has 0 unspecified atom stereocenters. The number of hydrogen-bond acceptors (Lipinski definition) is 4. The Bertz CT molecular complexity index is 776. The number of nitrogens with zero attached hydrogens (tertiary/aromatic N) is 3. The summed E-state index contributed by atoms with van der Waals surface area (Å²) < 4.78 is 1.37. The smallest absolute Gasteiger partial charge is 0.275 e. The molecule has 0 saturated carbocycles. The molecule has 0 bridgehead atoms. The SMILES string of the molecule is CC(C)Cn1nc(C(=O)N2CC(O)C2)c2ccccc2c1=O. The lowest BCUT2D eigenvalue weighted by Crippen LogP contribution is -2.53. The Morgan fingerprint density at radius 3 is 2.55 bits per heavy atom. The van der Waals surface area contributed by atoms with Gasteiger partial charge in [0.05, 0.1) is 11.5 Å². The van der Waals surface area contributed by atoms with Crippen molar-refractivity contribution in [1.29, 1.82) is 0 Å². The minimum absolute atomic E-state index is 0.176. The third kappa shape index (κ3) is 2.50. The predicted molar refractivity (Wildman–Crippen MR) is 82.8 cm³/mol. The Morgan fingerprint density at radius 1 is 1.32 bits per heavy atom. The minimum atomic E-state index is -0.461. The first kappa shape index (κ1) is 14.7. The maximum Gasteiger partial charge on any atom is 0.275 e. The molecule has 1 aromatic carbocycles. The highest BCUT2D eigenvalue weighted by molar-refractivity contribution is 6.05. The maximum atomic E-state index is 12.6. The van der Waals surface area contributed by atoms with Crippen LogP contribution in [-0.2, 0) is 6.54 Å². The quantitative estimate of drug-likeness (QED) is 0.912. The Balaban J connectivity index is 2.13. The van der Waals surface area contributed by atoms with Crippen LogP contribution in [0.4, 0.5) is 0 Å². The van der Waals surface area contributed by atoms with Crippen molar-refractivity contribution < 1.29 is 9.90 Å². The average molecular weight is 301 g/mol. The van der Waals surface area contributed by atoms with Crippen LogP contribution in [0.5, 0.6) is 0 Å². The van der Waals surface area contributed by atoms with Gasteiger partial charge in [0.2, 0.25) is 0 Å². The van der Waals surface area contributed by atoms with E-state index >= 15 is 0 Å². The van der Waals surface area contributed by atoms with Crippen LogP contribution in [0.2, 0.25) is 0 Å². The zero-order valence-electron chi connectivity index (χ0n) is 12.7. The van der Waals surface area contributed by atoms with E-state index in [9.17, 15) is 14.7 Å². The van der Waals surface area contributed by atoms with Gasteiger partial charge >= 0.3 is 0 Å². The van der Waals surface area contributed by atoms with E-state index < -0.39 is 6.10 Å². The summed E-state index contributed by atoms with van der Waals surface area (Å²) in [7, 11) is 0. The fourth-order valence-electron chi connectivity index (χ4n) is 2.63. The van der Waals surface area contributed by atoms with Crippen molar-refractivity contribution in [3.63, 3.8) is 0 Å². The van der Waals surface area contributed by atoms with Gasteiger partial charge in [-0.1, -0.05) is 32.0 Å². The van der Waals surface area contributed by atoms with Crippen LogP contribution >= 0.6 is 0 Å². The molecule has 1 fully saturated rings. The molecular weight excluding hydrogens is 282 g/mol. The summed E-state index contributed by atoms with van der Waals surface area (Å²) in [6.45, 7) is 5.09. The molecule has 0 aliphatic carbocycles. The highest BCUT2D eigenvalue weighted by atomic mass is 16.3. The summed E-state index contributed by atoms with van der Waals surface area (Å²) in [5.41, 5.74) is 0.104. The van der Waals surface area contributed by atoms with Crippen LogP contribution in [0, 0.1) is 5.92 Å². The Hall–Kier alpha value is -2.21. The third-order valence-corrected chi connectivity index (χ3v) is 3.76. The second-order valence-corrected chi connectivity index (χ2v) is 6.14. The lowest BCUT2D eigenvalue weighted by atomic mass is 10.1. The van der Waals surface area contributed by atoms with E-state index in [1.165, 1.54) is 4.68 Å². The van der Waals surface area contributed by atoms with E-state index in [0.717, 1.165) is 0 Å². The second-order valence-electron chi connectivity index (χ2n) is 6.14. The number of carbonyl (C=O) groups excluding carboxylic acids is 1. The molecule has 3 rings (SSSR count). The zero-order valence-corrected chi connectivity index (χ0v) is 12.7. The van der Waals surface area contributed by atoms with E-state index in [2.05, 4.69) is 5.10 Å². The zero-order chi connectivity index (χ0) is 15.9. The fraction of sp³-hybridized carbons (Fsp3) is 0.438. The van der Waals surface area contributed by atoms with E-state index in [1.807, 2.05) is 13.8 Å². The molecule has 1 saturated heterocycles. The molecule has 116 valence electrons. The number of likely N-dealkylation sites (tertiary alicyclic amines) is 1. The van der Waals surface area contributed by atoms with Gasteiger partial charge in [0, 0.05) is 25.0 Å². The number of aromatic nitrogens is 2. The Labute approximate surface area is 128 Å². The highest BCUT2D eigenvalue weighted by Gasteiger charge is 2.31. The summed E-state index contributed by atoms with van der Waals surface area (Å²) in [6, 6.07) is 7.04. The van der Waals surface area contributed by atoms with Crippen molar-refractivity contribution in [2.45, 2.75) is 26.5 Å². The van der Waals surface area contributed by atoms with Crippen molar-refractivity contribution >= 4 is 16.7 Å². The van der Waals surface area contributed by atoms with E-state index in [-0.39, 0.29) is 23.1 Å². The number of aliphatic hydroxyl groups is 1. The molecule has 1 aliphatic rings. The van der Waals surface area contributed by atoms with Gasteiger partial charge < -0.3 is 10.0 Å². The van der Waals surface area contributed by atoms with Gasteiger partial charge in [-0.25, -0.2) is 4.68 Å². The number of rotatable bonds is 3. The maximum absolute atomic E-state index is 12.6. The molecule has 6 nitrogen and oxygen atoms in total. The molecule has 1 aromatic heterocycles. The number of benzene rings is 1. The van der Waals surface area contributed by atoms with Crippen molar-refractivity contribution in [3.8, 4) is 0 Å². The van der Waals surface area contributed by atoms with Gasteiger partial charge in [-0.3, -0.25) is 9.59 Å². The molecule has 1 amide bonds. The average Bonchev–Trinajstić information content (AvgIpc) is 2.46. The molecule has 0 spiro atoms. The van der Waals surface area contributed by atoms with Crippen LogP contribution in [0.1, 0.15) is 24.3 Å². The van der Waals surface area contributed by atoms with Crippen molar-refractivity contribution in [3.05, 3.63) is 40.3 Å². The van der Waals surface area contributed by atoms with Crippen molar-refractivity contribution in [1.82, 2.24) is 14.7 Å². The molecule has 1 aliphatic heterocycles. The monoisotopic (exact) mass is 301 g/mol. The topological polar surface area (TPSA) is 75.4 Å². The first-order chi connectivity index (χ1) is 10.5. The molecule has 2 aromatic rings. The van der Waals surface area contributed by atoms with Crippen molar-refractivity contribution in [2.75, 3.05) is 13.1 Å². The molecule has 1 N–H and O–H groups in total. The lowest BCUT2D eigenvalue weighted by Gasteiger charge is -2.35. The van der Waals surface area contributed by atoms with E-state index in [1.54, 1.807) is 29.2 Å². The van der Waals surface area contributed by atoms with Gasteiger partial charge in [0.15, 0.2) is 5.69 Å². The highest BCUT2D eigenvalue weighted by Crippen LogP contribution is 2.18. The Kier molecular flexibility index (Phi) is 3.70. The van der Waals surface area contributed by atoms with Gasteiger partial charge in [-0.05, 0) is 12.0 Å². The van der Waals surface area contributed by atoms with Gasteiger partial charge in [-0.15, -0.1) is 0 Å². The number of fused-ring (bicyclic) bond motifs is 1. The summed E-state index contributed by atoms with van der Waals surface area (Å²) in [4.78, 5) is 26.6. The predicted octanol–water partition coefficient (Wildman–Crippen LogP) is 0.869. The van der Waals surface area contributed by atoms with Crippen LogP contribution in [0.25, 0.3) is 10.8 Å². The number of aliphatic hydroxyl groups excluding tert-OH is 1. The third-order valence-electron chi connectivity index (χ3n) is 3.76. The number of β-amino-alcohol motifs (C(OH)–C–C–N with tert-alkyl or cyclic N) is 1. The molecule has 0 atom stereocenters. The lowest BCUT2D eigenvalue weighted by molar-refractivity contribution is 0.00548. The van der Waals surface area contributed by atoms with Crippen LogP contribution in [0.3, 0.4) is 0 Å². The summed E-state index contributed by atoms with van der Waals surface area (Å²) >= 11 is 0. The number of hydrogen-bond donors (Lipinski definition) is 1. The summed E-state index contributed by atoms with van der Waals surface area (Å²) in [5, 5.41) is 14.7. The largest absolute Gasteiger partial charge is 0.389 e. The van der Waals surface area contributed by atoms with Crippen LogP contribution in [0.15, 0.2) is 29.1 Å². The summed E-state index contributed by atoms with van der Waals surface area (Å²) in [6.07, 6.45) is -0.461. The standard InChI is InChI=1S/C16H19N3O3/c1-10(2)7-19-15(21)13-6-4-3-5-12(13)14(17-19)16(22)18-8-11(20)9-18/h3-6,10-11,20H,7-9H2,1-2H3. The Morgan fingerprint density at radius 2 is 1.95 bits per heavy atom. The molecular formula is C16H19N3O3. The van der Waals surface area contributed by atoms with E-state index in [4.69, 9.17) is 0 Å². The second kappa shape index (κ2) is 5.53. The fourth-order valence-corrected chi connectivity index (χ4v) is 2.63. The number of amides is 1. The van der Waals surface area contributed by atoms with E-state index in [0.29, 0.717) is 30.4 Å². The van der Waals surface area contributed by atoms with Gasteiger partial charge in [0.25, 0.3) is 11.5 Å². The normalized spacial score (nSPS) is 15.4. The molecule has 0 radical (unpaired) electrons. The van der Waals surface area contributed by atoms with Crippen LogP contribution < -0.4 is 5.56 Å². The summed E-state index contributed by atoms with van der Waals surface area (Å²) in [5.74, 6) is 0.0131.